The van der Waals surface area contributed by atoms with Crippen molar-refractivity contribution in [1.29, 1.82) is 0 Å². The van der Waals surface area contributed by atoms with Gasteiger partial charge in [0.25, 0.3) is 0 Å². The Bertz CT molecular complexity index is 1160. The number of methoxy groups -OCH3 is 2. The Morgan fingerprint density at radius 3 is 2.34 bits per heavy atom. The zero-order valence-corrected chi connectivity index (χ0v) is 17.9. The number of hydrogen-bond acceptors (Lipinski definition) is 7. The second kappa shape index (κ2) is 9.09. The van der Waals surface area contributed by atoms with Crippen molar-refractivity contribution >= 4 is 34.7 Å². The van der Waals surface area contributed by atoms with Gasteiger partial charge in [0.05, 0.1) is 19.7 Å². The fourth-order valence-corrected chi connectivity index (χ4v) is 3.58. The molecule has 3 aromatic rings. The minimum absolute atomic E-state index is 0.0928. The van der Waals surface area contributed by atoms with Gasteiger partial charge >= 0.3 is 0 Å². The van der Waals surface area contributed by atoms with Crippen molar-refractivity contribution in [3.8, 4) is 11.5 Å². The zero-order valence-electron chi connectivity index (χ0n) is 17.9. The molecule has 1 aromatic heterocycles. The predicted octanol–water partition coefficient (Wildman–Crippen LogP) is 2.73. The van der Waals surface area contributed by atoms with Crippen LogP contribution in [0.3, 0.4) is 0 Å². The third-order valence-electron chi connectivity index (χ3n) is 5.38. The molecule has 0 unspecified atom stereocenters. The number of rotatable bonds is 5. The molecule has 0 aliphatic carbocycles. The van der Waals surface area contributed by atoms with E-state index in [0.717, 1.165) is 5.56 Å². The summed E-state index contributed by atoms with van der Waals surface area (Å²) in [5.41, 5.74) is 7.61. The van der Waals surface area contributed by atoms with Crippen molar-refractivity contribution in [2.75, 3.05) is 51.0 Å². The van der Waals surface area contributed by atoms with Crippen LogP contribution in [0.4, 0.5) is 16.2 Å². The number of benzene rings is 2. The Balaban J connectivity index is 1.45. The van der Waals surface area contributed by atoms with E-state index in [-0.39, 0.29) is 11.7 Å². The molecule has 1 saturated heterocycles. The number of nitrogens with zero attached hydrogens (tertiary/aromatic N) is 4. The van der Waals surface area contributed by atoms with Crippen LogP contribution in [0.1, 0.15) is 5.56 Å². The number of nitrogen functional groups attached to an aromatic ring is 1. The first-order valence-electron chi connectivity index (χ1n) is 10.1. The summed E-state index contributed by atoms with van der Waals surface area (Å²) in [5, 5.41) is 0.686. The van der Waals surface area contributed by atoms with E-state index < -0.39 is 0 Å². The van der Waals surface area contributed by atoms with E-state index >= 15 is 0 Å². The molecule has 1 aliphatic rings. The van der Waals surface area contributed by atoms with Gasteiger partial charge in [0, 0.05) is 43.7 Å². The lowest BCUT2D eigenvalue weighted by atomic mass is 10.2. The number of carbonyl (C=O) groups excluding carboxylic acids is 1. The quantitative estimate of drug-likeness (QED) is 0.614. The number of anilines is 2. The third-order valence-corrected chi connectivity index (χ3v) is 5.38. The summed E-state index contributed by atoms with van der Waals surface area (Å²) in [6.07, 6.45) is 3.19. The summed E-state index contributed by atoms with van der Waals surface area (Å²) >= 11 is 0. The number of fused-ring (bicyclic) bond motifs is 1. The molecule has 1 aliphatic heterocycles. The zero-order chi connectivity index (χ0) is 22.7. The van der Waals surface area contributed by atoms with Crippen molar-refractivity contribution in [1.82, 2.24) is 14.9 Å². The standard InChI is InChI=1S/C23H24FN5O3/c1-31-19-13-17-18(14-20(19)32-2)26-23(27-22(17)25)29-11-9-28(10-12-29)21(30)8-5-15-3-6-16(24)7-4-15/h3-8,13-14H,9-12H2,1-2H3,(H2,25,26,27)/b8-5+. The number of ether oxygens (including phenoxy) is 2. The maximum absolute atomic E-state index is 13.0. The van der Waals surface area contributed by atoms with Gasteiger partial charge in [0.15, 0.2) is 11.5 Å². The van der Waals surface area contributed by atoms with Crippen LogP contribution in [0.15, 0.2) is 42.5 Å². The second-order valence-corrected chi connectivity index (χ2v) is 7.33. The molecule has 2 heterocycles. The lowest BCUT2D eigenvalue weighted by molar-refractivity contribution is -0.126. The van der Waals surface area contributed by atoms with Gasteiger partial charge in [-0.3, -0.25) is 4.79 Å². The molecule has 2 N–H and O–H groups in total. The maximum Gasteiger partial charge on any atom is 0.246 e. The van der Waals surface area contributed by atoms with Gasteiger partial charge in [-0.1, -0.05) is 12.1 Å². The molecule has 8 nitrogen and oxygen atoms in total. The first-order chi connectivity index (χ1) is 15.5. The van der Waals surface area contributed by atoms with Gasteiger partial charge in [-0.15, -0.1) is 0 Å². The van der Waals surface area contributed by atoms with Gasteiger partial charge in [0.2, 0.25) is 11.9 Å². The molecule has 9 heteroatoms. The summed E-state index contributed by atoms with van der Waals surface area (Å²) in [6.45, 7) is 2.21. The number of piperazine rings is 1. The van der Waals surface area contributed by atoms with Crippen molar-refractivity contribution in [2.24, 2.45) is 0 Å². The minimum atomic E-state index is -0.307. The molecule has 2 aromatic carbocycles. The molecule has 166 valence electrons. The fourth-order valence-electron chi connectivity index (χ4n) is 3.58. The van der Waals surface area contributed by atoms with E-state index in [0.29, 0.717) is 60.3 Å². The number of hydrogen-bond donors (Lipinski definition) is 1. The Hall–Kier alpha value is -3.88. The SMILES string of the molecule is COc1cc2nc(N3CCN(C(=O)/C=C/c4ccc(F)cc4)CC3)nc(N)c2cc1OC. The molecule has 0 bridgehead atoms. The topological polar surface area (TPSA) is 93.8 Å². The minimum Gasteiger partial charge on any atom is -0.493 e. The number of nitrogens with two attached hydrogens (primary N) is 1. The first kappa shape index (κ1) is 21.4. The highest BCUT2D eigenvalue weighted by atomic mass is 19.1. The lowest BCUT2D eigenvalue weighted by Gasteiger charge is -2.34. The molecular formula is C23H24FN5O3. The summed E-state index contributed by atoms with van der Waals surface area (Å²) < 4.78 is 23.7. The summed E-state index contributed by atoms with van der Waals surface area (Å²) in [5.74, 6) is 1.59. The Morgan fingerprint density at radius 2 is 1.69 bits per heavy atom. The molecule has 4 rings (SSSR count). The van der Waals surface area contributed by atoms with Gasteiger partial charge in [-0.2, -0.15) is 4.98 Å². The van der Waals surface area contributed by atoms with Crippen LogP contribution in [-0.4, -0.2) is 61.2 Å². The van der Waals surface area contributed by atoms with Crippen LogP contribution in [0, 0.1) is 5.82 Å². The molecule has 32 heavy (non-hydrogen) atoms. The maximum atomic E-state index is 13.0. The molecule has 0 spiro atoms. The highest BCUT2D eigenvalue weighted by Gasteiger charge is 2.22. The number of halogens is 1. The Morgan fingerprint density at radius 1 is 1.03 bits per heavy atom. The normalized spacial score (nSPS) is 14.2. The summed E-state index contributed by atoms with van der Waals surface area (Å²) in [4.78, 5) is 25.4. The first-order valence-corrected chi connectivity index (χ1v) is 10.1. The highest BCUT2D eigenvalue weighted by molar-refractivity contribution is 5.92. The van der Waals surface area contributed by atoms with E-state index in [1.807, 2.05) is 4.90 Å². The Labute approximate surface area is 185 Å². The van der Waals surface area contributed by atoms with Crippen molar-refractivity contribution in [3.05, 3.63) is 53.9 Å². The molecule has 0 atom stereocenters. The van der Waals surface area contributed by atoms with Crippen LogP contribution in [-0.2, 0) is 4.79 Å². The monoisotopic (exact) mass is 437 g/mol. The van der Waals surface area contributed by atoms with Crippen molar-refractivity contribution < 1.29 is 18.7 Å². The van der Waals surface area contributed by atoms with Gasteiger partial charge < -0.3 is 25.0 Å². The lowest BCUT2D eigenvalue weighted by Crippen LogP contribution is -2.48. The van der Waals surface area contributed by atoms with Gasteiger partial charge in [-0.25, -0.2) is 9.37 Å². The van der Waals surface area contributed by atoms with Crippen LogP contribution in [0.2, 0.25) is 0 Å². The summed E-state index contributed by atoms with van der Waals surface area (Å²) in [6, 6.07) is 9.52. The number of amides is 1. The average molecular weight is 437 g/mol. The largest absolute Gasteiger partial charge is 0.493 e. The van der Waals surface area contributed by atoms with Gasteiger partial charge in [0.1, 0.15) is 11.6 Å². The van der Waals surface area contributed by atoms with E-state index in [9.17, 15) is 9.18 Å². The predicted molar refractivity (Wildman–Crippen MR) is 121 cm³/mol. The van der Waals surface area contributed by atoms with Crippen molar-refractivity contribution in [3.63, 3.8) is 0 Å². The summed E-state index contributed by atoms with van der Waals surface area (Å²) in [7, 11) is 3.13. The van der Waals surface area contributed by atoms with Crippen molar-refractivity contribution in [2.45, 2.75) is 0 Å². The molecule has 1 amide bonds. The Kier molecular flexibility index (Phi) is 6.07. The van der Waals surface area contributed by atoms with Crippen LogP contribution >= 0.6 is 0 Å². The molecule has 0 saturated carbocycles. The van der Waals surface area contributed by atoms with Gasteiger partial charge in [-0.05, 0) is 29.8 Å². The van der Waals surface area contributed by atoms with E-state index in [1.165, 1.54) is 18.2 Å². The van der Waals surface area contributed by atoms with E-state index in [1.54, 1.807) is 49.5 Å². The molecular weight excluding hydrogens is 413 g/mol. The average Bonchev–Trinajstić information content (AvgIpc) is 2.82. The van der Waals surface area contributed by atoms with E-state index in [2.05, 4.69) is 9.97 Å². The third kappa shape index (κ3) is 4.41. The number of carbonyl (C=O) groups is 1. The van der Waals surface area contributed by atoms with Crippen LogP contribution in [0.5, 0.6) is 11.5 Å². The van der Waals surface area contributed by atoms with E-state index in [4.69, 9.17) is 15.2 Å². The highest BCUT2D eigenvalue weighted by Crippen LogP contribution is 2.34. The smallest absolute Gasteiger partial charge is 0.246 e. The fraction of sp³-hybridized carbons (Fsp3) is 0.261. The van der Waals surface area contributed by atoms with Crippen LogP contribution in [0.25, 0.3) is 17.0 Å². The second-order valence-electron chi connectivity index (χ2n) is 7.33. The van der Waals surface area contributed by atoms with Crippen LogP contribution < -0.4 is 20.1 Å². The molecule has 1 fully saturated rings. The molecule has 0 radical (unpaired) electrons. The number of aromatic nitrogens is 2.